The molecule has 1 saturated heterocycles. The van der Waals surface area contributed by atoms with Crippen LogP contribution in [0, 0.1) is 6.92 Å². The number of anilines is 2. The third-order valence-corrected chi connectivity index (χ3v) is 8.76. The van der Waals surface area contributed by atoms with Gasteiger partial charge in [0.1, 0.15) is 18.0 Å². The van der Waals surface area contributed by atoms with Crippen LogP contribution in [0.1, 0.15) is 46.6 Å². The molecule has 0 spiro atoms. The van der Waals surface area contributed by atoms with Crippen LogP contribution >= 0.6 is 0 Å². The third-order valence-electron chi connectivity index (χ3n) is 8.76. The lowest BCUT2D eigenvalue weighted by atomic mass is 9.91. The van der Waals surface area contributed by atoms with Gasteiger partial charge in [-0.2, -0.15) is 9.97 Å². The van der Waals surface area contributed by atoms with Gasteiger partial charge in [0.25, 0.3) is 6.47 Å². The lowest BCUT2D eigenvalue weighted by Gasteiger charge is -2.22. The van der Waals surface area contributed by atoms with E-state index in [2.05, 4.69) is 55.1 Å². The van der Waals surface area contributed by atoms with Gasteiger partial charge in [-0.15, -0.1) is 10.2 Å². The number of hydrogen-bond acceptors (Lipinski definition) is 12. The molecule has 5 N–H and O–H groups in total. The Bertz CT molecular complexity index is 1970. The van der Waals surface area contributed by atoms with Crippen molar-refractivity contribution in [2.45, 2.75) is 49.8 Å². The summed E-state index contributed by atoms with van der Waals surface area (Å²) in [7, 11) is 0. The van der Waals surface area contributed by atoms with Crippen LogP contribution in [0.2, 0.25) is 0 Å². The number of aliphatic hydroxyl groups excluding tert-OH is 2. The SMILES string of the molecule is Cc1nnc([C@H]2O[C@@H](n3cnc4c(NCC(c5ccccc5)c5ccccc5)nc(N[C@H](CO)Cc5ccccc5)nc43)[C@H](OC=O)[C@@H]2O)[nH]1. The Morgan fingerprint density at radius 1 is 0.980 bits per heavy atom. The summed E-state index contributed by atoms with van der Waals surface area (Å²) in [5, 5.41) is 36.5. The van der Waals surface area contributed by atoms with Gasteiger partial charge in [0.2, 0.25) is 5.95 Å². The lowest BCUT2D eigenvalue weighted by molar-refractivity contribution is -0.142. The van der Waals surface area contributed by atoms with Crippen LogP contribution < -0.4 is 10.6 Å². The van der Waals surface area contributed by atoms with Crippen molar-refractivity contribution in [2.24, 2.45) is 0 Å². The number of fused-ring (bicyclic) bond motifs is 1. The summed E-state index contributed by atoms with van der Waals surface area (Å²) in [5.74, 6) is 1.49. The molecule has 14 heteroatoms. The summed E-state index contributed by atoms with van der Waals surface area (Å²) < 4.78 is 13.3. The van der Waals surface area contributed by atoms with E-state index >= 15 is 0 Å². The zero-order valence-corrected chi connectivity index (χ0v) is 27.2. The van der Waals surface area contributed by atoms with Crippen molar-refractivity contribution in [3.05, 3.63) is 126 Å². The molecule has 5 atom stereocenters. The van der Waals surface area contributed by atoms with Gasteiger partial charge >= 0.3 is 0 Å². The fourth-order valence-corrected chi connectivity index (χ4v) is 6.33. The van der Waals surface area contributed by atoms with E-state index in [9.17, 15) is 15.0 Å². The number of carbonyl (C=O) groups is 1. The molecule has 3 aromatic carbocycles. The molecule has 1 aliphatic heterocycles. The minimum atomic E-state index is -1.27. The lowest BCUT2D eigenvalue weighted by Crippen LogP contribution is -2.32. The summed E-state index contributed by atoms with van der Waals surface area (Å²) >= 11 is 0. The number of ether oxygens (including phenoxy) is 2. The highest BCUT2D eigenvalue weighted by atomic mass is 16.6. The number of H-pyrrole nitrogens is 1. The molecule has 0 aliphatic carbocycles. The maximum atomic E-state index is 11.6. The van der Waals surface area contributed by atoms with Crippen molar-refractivity contribution in [3.8, 4) is 0 Å². The molecule has 256 valence electrons. The Morgan fingerprint density at radius 3 is 2.28 bits per heavy atom. The molecule has 7 rings (SSSR count). The Morgan fingerprint density at radius 2 is 1.66 bits per heavy atom. The molecule has 1 aliphatic rings. The highest BCUT2D eigenvalue weighted by Crippen LogP contribution is 2.40. The molecule has 0 unspecified atom stereocenters. The normalized spacial score (nSPS) is 19.4. The second-order valence-corrected chi connectivity index (χ2v) is 12.1. The van der Waals surface area contributed by atoms with E-state index in [4.69, 9.17) is 19.4 Å². The van der Waals surface area contributed by atoms with Gasteiger partial charge in [0, 0.05) is 12.5 Å². The summed E-state index contributed by atoms with van der Waals surface area (Å²) in [6, 6.07) is 29.8. The van der Waals surface area contributed by atoms with Gasteiger partial charge in [0.05, 0.1) is 19.0 Å². The highest BCUT2D eigenvalue weighted by molar-refractivity contribution is 5.84. The molecule has 14 nitrogen and oxygen atoms in total. The van der Waals surface area contributed by atoms with Crippen LogP contribution in [0.5, 0.6) is 0 Å². The van der Waals surface area contributed by atoms with Crippen molar-refractivity contribution >= 4 is 29.4 Å². The van der Waals surface area contributed by atoms with Crippen molar-refractivity contribution < 1.29 is 24.5 Å². The predicted octanol–water partition coefficient (Wildman–Crippen LogP) is 3.68. The molecule has 0 bridgehead atoms. The van der Waals surface area contributed by atoms with Crippen LogP contribution in [-0.4, -0.2) is 82.8 Å². The van der Waals surface area contributed by atoms with E-state index in [-0.39, 0.29) is 24.9 Å². The number of carbonyl (C=O) groups excluding carboxylic acids is 1. The zero-order valence-electron chi connectivity index (χ0n) is 27.2. The molecule has 0 amide bonds. The third kappa shape index (κ3) is 6.89. The molecule has 3 aromatic heterocycles. The molecule has 6 aromatic rings. The van der Waals surface area contributed by atoms with Crippen LogP contribution in [0.25, 0.3) is 11.2 Å². The molecular weight excluding hydrogens is 638 g/mol. The van der Waals surface area contributed by atoms with Crippen LogP contribution in [0.15, 0.2) is 97.3 Å². The zero-order chi connectivity index (χ0) is 34.5. The number of nitrogens with one attached hydrogen (secondary N) is 3. The number of nitrogens with zero attached hydrogens (tertiary/aromatic N) is 6. The van der Waals surface area contributed by atoms with E-state index in [1.54, 1.807) is 11.5 Å². The molecule has 4 heterocycles. The summed E-state index contributed by atoms with van der Waals surface area (Å²) in [6.45, 7) is 2.31. The second kappa shape index (κ2) is 14.8. The average molecular weight is 676 g/mol. The van der Waals surface area contributed by atoms with Crippen LogP contribution in [-0.2, 0) is 20.7 Å². The predicted molar refractivity (Wildman–Crippen MR) is 184 cm³/mol. The Hall–Kier alpha value is -5.70. The van der Waals surface area contributed by atoms with Crippen molar-refractivity contribution in [1.82, 2.24) is 34.7 Å². The number of aryl methyl sites for hydroxylation is 1. The fourth-order valence-electron chi connectivity index (χ4n) is 6.33. The van der Waals surface area contributed by atoms with Gasteiger partial charge in [0.15, 0.2) is 35.1 Å². The molecule has 0 radical (unpaired) electrons. The number of aliphatic hydroxyl groups is 2. The number of hydrogen-bond donors (Lipinski definition) is 5. The van der Waals surface area contributed by atoms with E-state index in [1.807, 2.05) is 66.7 Å². The van der Waals surface area contributed by atoms with Gasteiger partial charge in [-0.25, -0.2) is 4.98 Å². The first-order chi connectivity index (χ1) is 24.5. The van der Waals surface area contributed by atoms with E-state index in [0.717, 1.165) is 16.7 Å². The Balaban J connectivity index is 1.27. The highest BCUT2D eigenvalue weighted by Gasteiger charge is 2.49. The van der Waals surface area contributed by atoms with Gasteiger partial charge in [-0.1, -0.05) is 91.0 Å². The molecule has 0 saturated carbocycles. The Labute approximate surface area is 287 Å². The smallest absolute Gasteiger partial charge is 0.293 e. The fraction of sp³-hybridized carbons (Fsp3) is 0.278. The number of benzene rings is 3. The Kier molecular flexibility index (Phi) is 9.73. The quantitative estimate of drug-likeness (QED) is 0.106. The van der Waals surface area contributed by atoms with Gasteiger partial charge in [-0.3, -0.25) is 9.36 Å². The van der Waals surface area contributed by atoms with Gasteiger partial charge in [-0.05, 0) is 30.0 Å². The maximum Gasteiger partial charge on any atom is 0.293 e. The van der Waals surface area contributed by atoms with Crippen LogP contribution in [0.3, 0.4) is 0 Å². The van der Waals surface area contributed by atoms with Crippen molar-refractivity contribution in [1.29, 1.82) is 0 Å². The first-order valence-electron chi connectivity index (χ1n) is 16.3. The summed E-state index contributed by atoms with van der Waals surface area (Å²) in [4.78, 5) is 28.9. The minimum absolute atomic E-state index is 0.0195. The van der Waals surface area contributed by atoms with Crippen LogP contribution in [0.4, 0.5) is 11.8 Å². The minimum Gasteiger partial charge on any atom is -0.457 e. The largest absolute Gasteiger partial charge is 0.457 e. The molecule has 1 fully saturated rings. The average Bonchev–Trinajstić information content (AvgIpc) is 3.86. The van der Waals surface area contributed by atoms with E-state index < -0.39 is 30.6 Å². The van der Waals surface area contributed by atoms with E-state index in [1.165, 1.54) is 6.33 Å². The van der Waals surface area contributed by atoms with Crippen molar-refractivity contribution in [3.63, 3.8) is 0 Å². The standard InChI is InChI=1S/C36H37N9O5/c1-22-39-33(44-43-22)30-29(48)31(49-21-47)35(50-30)45-20-38-28-32(37-18-27(24-13-7-3-8-14-24)25-15-9-4-10-16-25)41-36(42-34(28)45)40-26(19-46)17-23-11-5-2-6-12-23/h2-16,20-21,26-27,29-31,35,46,48H,17-19H2,1H3,(H,39,43,44)(H2,37,40,41,42)/t26-,29+,30-,31+,35+/m0/s1. The number of imidazole rings is 1. The van der Waals surface area contributed by atoms with Gasteiger partial charge < -0.3 is 35.3 Å². The first kappa shape index (κ1) is 32.8. The summed E-state index contributed by atoms with van der Waals surface area (Å²) in [6.07, 6.45) is -2.34. The molecule has 50 heavy (non-hydrogen) atoms. The number of aromatic nitrogens is 7. The topological polar surface area (TPSA) is 185 Å². The number of aromatic amines is 1. The first-order valence-corrected chi connectivity index (χ1v) is 16.3. The second-order valence-electron chi connectivity index (χ2n) is 12.1. The van der Waals surface area contributed by atoms with Crippen molar-refractivity contribution in [2.75, 3.05) is 23.8 Å². The van der Waals surface area contributed by atoms with E-state index in [0.29, 0.717) is 41.6 Å². The molecular formula is C36H37N9O5. The maximum absolute atomic E-state index is 11.6. The monoisotopic (exact) mass is 675 g/mol. The number of rotatable bonds is 14. The summed E-state index contributed by atoms with van der Waals surface area (Å²) in [5.41, 5.74) is 4.07.